The van der Waals surface area contributed by atoms with Crippen LogP contribution in [0.3, 0.4) is 0 Å². The van der Waals surface area contributed by atoms with Gasteiger partial charge in [0.05, 0.1) is 16.5 Å². The first-order chi connectivity index (χ1) is 18.6. The van der Waals surface area contributed by atoms with Gasteiger partial charge < -0.3 is 27.0 Å². The highest BCUT2D eigenvalue weighted by molar-refractivity contribution is 7.09. The molecule has 0 atom stereocenters. The van der Waals surface area contributed by atoms with E-state index in [0.717, 1.165) is 12.0 Å². The van der Waals surface area contributed by atoms with E-state index in [2.05, 4.69) is 35.4 Å². The molecule has 3 rings (SSSR count). The lowest BCUT2D eigenvalue weighted by molar-refractivity contribution is -0.683. The Hall–Kier alpha value is -1.89. The monoisotopic (exact) mass is 634 g/mol. The molecule has 0 fully saturated rings. The minimum atomic E-state index is -0.137. The molecule has 2 aromatic carbocycles. The quantitative estimate of drug-likeness (QED) is 0.130. The highest BCUT2D eigenvalue weighted by Crippen LogP contribution is 2.28. The molecule has 214 valence electrons. The summed E-state index contributed by atoms with van der Waals surface area (Å²) in [4.78, 5) is 14.4. The number of nitrogens with zero attached hydrogens (tertiary/aromatic N) is 1. The normalized spacial score (nSPS) is 10.7. The van der Waals surface area contributed by atoms with Gasteiger partial charge in [0.2, 0.25) is 5.51 Å². The fourth-order valence-corrected chi connectivity index (χ4v) is 5.43. The Balaban J connectivity index is 0.00000533. The maximum atomic E-state index is 13.1. The van der Waals surface area contributed by atoms with E-state index >= 15 is 0 Å². The van der Waals surface area contributed by atoms with Crippen molar-refractivity contribution in [1.82, 2.24) is 0 Å². The molecule has 0 aliphatic rings. The molecule has 0 bridgehead atoms. The summed E-state index contributed by atoms with van der Waals surface area (Å²) in [6.45, 7) is 5.64. The fourth-order valence-electron chi connectivity index (χ4n) is 4.62. The van der Waals surface area contributed by atoms with Crippen LogP contribution in [0.25, 0.3) is 0 Å². The number of anilines is 1. The maximum absolute atomic E-state index is 13.1. The number of amides is 1. The maximum Gasteiger partial charge on any atom is 0.256 e. The summed E-state index contributed by atoms with van der Waals surface area (Å²) < 4.78 is 8.08. The van der Waals surface area contributed by atoms with Crippen LogP contribution in [0, 0.1) is 6.92 Å². The van der Waals surface area contributed by atoms with Gasteiger partial charge >= 0.3 is 0 Å². The number of thiazole rings is 1. The van der Waals surface area contributed by atoms with Crippen molar-refractivity contribution in [1.29, 1.82) is 0 Å². The minimum Gasteiger partial charge on any atom is -1.00 e. The highest BCUT2D eigenvalue weighted by Gasteiger charge is 2.16. The molecule has 0 aliphatic carbocycles. The number of hydrogen-bond donors (Lipinski definition) is 1. The zero-order chi connectivity index (χ0) is 27.0. The first-order valence-electron chi connectivity index (χ1n) is 14.3. The van der Waals surface area contributed by atoms with Crippen LogP contribution >= 0.6 is 22.9 Å². The van der Waals surface area contributed by atoms with Crippen molar-refractivity contribution in [2.45, 2.75) is 97.4 Å². The summed E-state index contributed by atoms with van der Waals surface area (Å²) in [5, 5.41) is 3.58. The van der Waals surface area contributed by atoms with Crippen molar-refractivity contribution in [2.75, 3.05) is 11.9 Å². The molecule has 1 N–H and O–H groups in total. The van der Waals surface area contributed by atoms with Gasteiger partial charge in [0.1, 0.15) is 5.75 Å². The van der Waals surface area contributed by atoms with Gasteiger partial charge in [0.25, 0.3) is 5.91 Å². The van der Waals surface area contributed by atoms with Gasteiger partial charge in [0.15, 0.2) is 12.7 Å². The smallest absolute Gasteiger partial charge is 0.256 e. The molecule has 0 unspecified atom stereocenters. The number of benzene rings is 2. The van der Waals surface area contributed by atoms with Crippen molar-refractivity contribution in [2.24, 2.45) is 0 Å². The zero-order valence-corrected chi connectivity index (χ0v) is 26.7. The van der Waals surface area contributed by atoms with Crippen molar-refractivity contribution >= 4 is 34.5 Å². The average Bonchev–Trinajstić information content (AvgIpc) is 3.33. The Kier molecular flexibility index (Phi) is 16.4. The van der Waals surface area contributed by atoms with Crippen LogP contribution in [-0.4, -0.2) is 12.5 Å². The van der Waals surface area contributed by atoms with Crippen LogP contribution < -0.4 is 31.6 Å². The largest absolute Gasteiger partial charge is 1.00 e. The summed E-state index contributed by atoms with van der Waals surface area (Å²) >= 11 is 8.07. The second-order valence-electron chi connectivity index (χ2n) is 10.1. The topological polar surface area (TPSA) is 42.2 Å². The molecule has 4 nitrogen and oxygen atoms in total. The van der Waals surface area contributed by atoms with Crippen LogP contribution in [0.4, 0.5) is 5.69 Å². The molecular formula is C32H44BrClN2O2S. The number of rotatable bonds is 18. The lowest BCUT2D eigenvalue weighted by Crippen LogP contribution is -3.00. The van der Waals surface area contributed by atoms with Gasteiger partial charge in [-0.1, -0.05) is 119 Å². The number of aryl methyl sites for hydroxylation is 1. The van der Waals surface area contributed by atoms with E-state index < -0.39 is 0 Å². The van der Waals surface area contributed by atoms with Crippen molar-refractivity contribution in [3.63, 3.8) is 0 Å². The Bertz CT molecular complexity index is 1120. The Morgan fingerprint density at radius 1 is 0.923 bits per heavy atom. The van der Waals surface area contributed by atoms with Gasteiger partial charge in [-0.2, -0.15) is 4.57 Å². The van der Waals surface area contributed by atoms with E-state index in [1.54, 1.807) is 17.4 Å². The first-order valence-corrected chi connectivity index (χ1v) is 15.6. The number of carbonyl (C=O) groups excluding carboxylic acids is 1. The third kappa shape index (κ3) is 12.4. The van der Waals surface area contributed by atoms with Crippen LogP contribution in [0.15, 0.2) is 54.2 Å². The van der Waals surface area contributed by atoms with Gasteiger partial charge in [-0.3, -0.25) is 4.79 Å². The van der Waals surface area contributed by atoms with E-state index in [4.69, 9.17) is 16.3 Å². The summed E-state index contributed by atoms with van der Waals surface area (Å²) in [7, 11) is 0. The number of carbonyl (C=O) groups is 1. The third-order valence-electron chi connectivity index (χ3n) is 6.78. The van der Waals surface area contributed by atoms with Gasteiger partial charge in [-0.15, -0.1) is 0 Å². The van der Waals surface area contributed by atoms with Crippen LogP contribution in [-0.2, 0) is 6.54 Å². The lowest BCUT2D eigenvalue weighted by atomic mass is 10.1. The first kappa shape index (κ1) is 33.3. The van der Waals surface area contributed by atoms with Crippen molar-refractivity contribution in [3.8, 4) is 5.75 Å². The molecule has 0 spiro atoms. The van der Waals surface area contributed by atoms with E-state index in [1.807, 2.05) is 36.4 Å². The van der Waals surface area contributed by atoms with Crippen molar-refractivity contribution < 1.29 is 31.1 Å². The second-order valence-corrected chi connectivity index (χ2v) is 11.6. The predicted molar refractivity (Wildman–Crippen MR) is 161 cm³/mol. The SMILES string of the molecule is CCCCCCCCCCCCCCOc1cc(NC(=O)c2ccccc2C[n+]2csc(C)c2)ccc1Cl.[Br-]. The number of hydrogen-bond acceptors (Lipinski definition) is 3. The third-order valence-corrected chi connectivity index (χ3v) is 7.95. The molecule has 1 aromatic heterocycles. The van der Waals surface area contributed by atoms with Gasteiger partial charge in [-0.05, 0) is 31.5 Å². The molecule has 39 heavy (non-hydrogen) atoms. The summed E-state index contributed by atoms with van der Waals surface area (Å²) in [6.07, 6.45) is 17.8. The minimum absolute atomic E-state index is 0. The number of aromatic nitrogens is 1. The highest BCUT2D eigenvalue weighted by atomic mass is 79.9. The molecule has 1 heterocycles. The molecule has 1 amide bonds. The van der Waals surface area contributed by atoms with E-state index in [0.29, 0.717) is 35.2 Å². The number of unbranched alkanes of at least 4 members (excludes halogenated alkanes) is 11. The average molecular weight is 636 g/mol. The molecule has 0 radical (unpaired) electrons. The zero-order valence-electron chi connectivity index (χ0n) is 23.5. The van der Waals surface area contributed by atoms with Crippen LogP contribution in [0.1, 0.15) is 105 Å². The standard InChI is InChI=1S/C32H43ClN2O2S.BrH/c1-3-4-5-6-7-8-9-10-11-12-13-16-21-37-31-22-28(19-20-30(31)33)34-32(36)29-18-15-14-17-27(29)24-35-23-26(2)38-25-35;/h14-15,17-20,22-23,25H,3-13,16,21,24H2,1-2H3;1H. The summed E-state index contributed by atoms with van der Waals surface area (Å²) in [5.74, 6) is 0.479. The lowest BCUT2D eigenvalue weighted by Gasteiger charge is -2.12. The molecule has 3 aromatic rings. The Morgan fingerprint density at radius 3 is 2.21 bits per heavy atom. The molecular weight excluding hydrogens is 592 g/mol. The summed E-state index contributed by atoms with van der Waals surface area (Å²) in [6, 6.07) is 13.1. The second kappa shape index (κ2) is 19.2. The van der Waals surface area contributed by atoms with E-state index in [1.165, 1.54) is 75.5 Å². The number of ether oxygens (including phenoxy) is 1. The fraction of sp³-hybridized carbons (Fsp3) is 0.500. The molecule has 7 heteroatoms. The van der Waals surface area contributed by atoms with Gasteiger partial charge in [-0.25, -0.2) is 0 Å². The van der Waals surface area contributed by atoms with E-state index in [9.17, 15) is 4.79 Å². The van der Waals surface area contributed by atoms with Crippen molar-refractivity contribution in [3.05, 3.63) is 75.2 Å². The van der Waals surface area contributed by atoms with Crippen LogP contribution in [0.5, 0.6) is 5.75 Å². The Labute approximate surface area is 254 Å². The van der Waals surface area contributed by atoms with E-state index in [-0.39, 0.29) is 22.9 Å². The van der Waals surface area contributed by atoms with Crippen LogP contribution in [0.2, 0.25) is 5.02 Å². The molecule has 0 saturated carbocycles. The van der Waals surface area contributed by atoms with Gasteiger partial charge in [0, 0.05) is 22.9 Å². The molecule has 0 aliphatic heterocycles. The Morgan fingerprint density at radius 2 is 1.56 bits per heavy atom. The number of halogens is 2. The summed E-state index contributed by atoms with van der Waals surface area (Å²) in [5.41, 5.74) is 4.39. The molecule has 0 saturated heterocycles. The number of nitrogens with one attached hydrogen (secondary N) is 1. The predicted octanol–water partition coefficient (Wildman–Crippen LogP) is 6.38.